The summed E-state index contributed by atoms with van der Waals surface area (Å²) in [5.41, 5.74) is 1.62. The smallest absolute Gasteiger partial charge is 0.329 e. The van der Waals surface area contributed by atoms with E-state index in [1.54, 1.807) is 6.07 Å². The second kappa shape index (κ2) is 9.01. The summed E-state index contributed by atoms with van der Waals surface area (Å²) in [4.78, 5) is 37.9. The number of carbonyl (C=O) groups excluding carboxylic acids is 3. The number of hydrogen-bond acceptors (Lipinski definition) is 4. The predicted molar refractivity (Wildman–Crippen MR) is 95.1 cm³/mol. The zero-order chi connectivity index (χ0) is 18.2. The molecule has 25 heavy (non-hydrogen) atoms. The fraction of sp³-hybridized carbons (Fsp3) is 0.421. The Kier molecular flexibility index (Phi) is 6.74. The standard InChI is InChI=1S/C19H24N2O4/c1-3-4-5-6-11-17(22)20-13-18(23)21-15-10-8-7-9-14(15)12-16(21)19(24)25-2/h3,7-10,16H,1,4-6,11-13H2,2H3,(H,20,22). The lowest BCUT2D eigenvalue weighted by Gasteiger charge is -2.23. The summed E-state index contributed by atoms with van der Waals surface area (Å²) in [5, 5.41) is 2.64. The van der Waals surface area contributed by atoms with E-state index in [2.05, 4.69) is 11.9 Å². The maximum Gasteiger partial charge on any atom is 0.329 e. The van der Waals surface area contributed by atoms with E-state index < -0.39 is 12.0 Å². The normalized spacial score (nSPS) is 15.4. The van der Waals surface area contributed by atoms with Crippen molar-refractivity contribution in [2.24, 2.45) is 0 Å². The van der Waals surface area contributed by atoms with Gasteiger partial charge in [-0.05, 0) is 30.9 Å². The molecule has 0 aromatic heterocycles. The number of para-hydroxylation sites is 1. The van der Waals surface area contributed by atoms with Gasteiger partial charge in [-0.3, -0.25) is 14.5 Å². The fourth-order valence-corrected chi connectivity index (χ4v) is 2.94. The second-order valence-corrected chi connectivity index (χ2v) is 5.95. The molecule has 6 nitrogen and oxygen atoms in total. The first-order valence-electron chi connectivity index (χ1n) is 8.44. The topological polar surface area (TPSA) is 75.7 Å². The zero-order valence-corrected chi connectivity index (χ0v) is 14.5. The summed E-state index contributed by atoms with van der Waals surface area (Å²) in [5.74, 6) is -0.945. The molecule has 2 amide bonds. The highest BCUT2D eigenvalue weighted by atomic mass is 16.5. The summed E-state index contributed by atoms with van der Waals surface area (Å²) in [6.07, 6.45) is 5.14. The van der Waals surface area contributed by atoms with Crippen molar-refractivity contribution in [2.45, 2.75) is 38.1 Å². The summed E-state index contributed by atoms with van der Waals surface area (Å²) in [6.45, 7) is 3.50. The van der Waals surface area contributed by atoms with Gasteiger partial charge in [-0.1, -0.05) is 24.3 Å². The van der Waals surface area contributed by atoms with Crippen LogP contribution in [0.2, 0.25) is 0 Å². The van der Waals surface area contributed by atoms with E-state index >= 15 is 0 Å². The molecule has 134 valence electrons. The van der Waals surface area contributed by atoms with Crippen LogP contribution >= 0.6 is 0 Å². The van der Waals surface area contributed by atoms with Crippen LogP contribution in [0, 0.1) is 0 Å². The molecule has 1 aromatic carbocycles. The predicted octanol–water partition coefficient (Wildman–Crippen LogP) is 1.98. The molecule has 0 spiro atoms. The molecule has 0 saturated heterocycles. The second-order valence-electron chi connectivity index (χ2n) is 5.95. The summed E-state index contributed by atoms with van der Waals surface area (Å²) in [6, 6.07) is 6.69. The number of amides is 2. The van der Waals surface area contributed by atoms with E-state index in [0.717, 1.165) is 24.8 Å². The van der Waals surface area contributed by atoms with Crippen molar-refractivity contribution in [3.05, 3.63) is 42.5 Å². The van der Waals surface area contributed by atoms with Gasteiger partial charge in [0.25, 0.3) is 0 Å². The van der Waals surface area contributed by atoms with E-state index in [9.17, 15) is 14.4 Å². The number of rotatable bonds is 8. The fourth-order valence-electron chi connectivity index (χ4n) is 2.94. The first-order valence-corrected chi connectivity index (χ1v) is 8.44. The van der Waals surface area contributed by atoms with E-state index in [0.29, 0.717) is 18.5 Å². The highest BCUT2D eigenvalue weighted by Gasteiger charge is 2.38. The Morgan fingerprint density at radius 2 is 2.08 bits per heavy atom. The van der Waals surface area contributed by atoms with Crippen molar-refractivity contribution >= 4 is 23.5 Å². The van der Waals surface area contributed by atoms with Crippen LogP contribution in [0.1, 0.15) is 31.2 Å². The lowest BCUT2D eigenvalue weighted by Crippen LogP contribution is -2.47. The first-order chi connectivity index (χ1) is 12.1. The number of ether oxygens (including phenoxy) is 1. The monoisotopic (exact) mass is 344 g/mol. The molecule has 0 radical (unpaired) electrons. The summed E-state index contributed by atoms with van der Waals surface area (Å²) in [7, 11) is 1.30. The van der Waals surface area contributed by atoms with Gasteiger partial charge < -0.3 is 10.1 Å². The van der Waals surface area contributed by atoms with Crippen molar-refractivity contribution in [1.82, 2.24) is 5.32 Å². The molecule has 1 aromatic rings. The van der Waals surface area contributed by atoms with Crippen LogP contribution in [0.25, 0.3) is 0 Å². The van der Waals surface area contributed by atoms with E-state index in [-0.39, 0.29) is 18.4 Å². The van der Waals surface area contributed by atoms with Crippen LogP contribution in [-0.4, -0.2) is 37.5 Å². The number of nitrogens with one attached hydrogen (secondary N) is 1. The number of methoxy groups -OCH3 is 1. The summed E-state index contributed by atoms with van der Waals surface area (Å²) < 4.78 is 4.82. The number of unbranched alkanes of at least 4 members (excludes halogenated alkanes) is 2. The SMILES string of the molecule is C=CCCCCC(=O)NCC(=O)N1c2ccccc2CC1C(=O)OC. The molecule has 0 fully saturated rings. The number of anilines is 1. The highest BCUT2D eigenvalue weighted by molar-refractivity contribution is 6.04. The van der Waals surface area contributed by atoms with Crippen LogP contribution in [0.4, 0.5) is 5.69 Å². The minimum Gasteiger partial charge on any atom is -0.467 e. The summed E-state index contributed by atoms with van der Waals surface area (Å²) >= 11 is 0. The molecule has 1 heterocycles. The maximum atomic E-state index is 12.6. The molecular formula is C19H24N2O4. The van der Waals surface area contributed by atoms with Gasteiger partial charge in [0.15, 0.2) is 0 Å². The van der Waals surface area contributed by atoms with Crippen LogP contribution < -0.4 is 10.2 Å². The molecule has 1 aliphatic rings. The van der Waals surface area contributed by atoms with Gasteiger partial charge in [0.2, 0.25) is 11.8 Å². The third-order valence-corrected chi connectivity index (χ3v) is 4.22. The van der Waals surface area contributed by atoms with Gasteiger partial charge in [-0.2, -0.15) is 0 Å². The molecule has 6 heteroatoms. The van der Waals surface area contributed by atoms with Gasteiger partial charge in [-0.15, -0.1) is 6.58 Å². The van der Waals surface area contributed by atoms with E-state index in [4.69, 9.17) is 4.74 Å². The minimum absolute atomic E-state index is 0.137. The Bertz CT molecular complexity index is 657. The zero-order valence-electron chi connectivity index (χ0n) is 14.5. The quantitative estimate of drug-likeness (QED) is 0.444. The van der Waals surface area contributed by atoms with Crippen molar-refractivity contribution in [3.63, 3.8) is 0 Å². The molecule has 1 N–H and O–H groups in total. The maximum absolute atomic E-state index is 12.6. The number of hydrogen-bond donors (Lipinski definition) is 1. The number of benzene rings is 1. The number of nitrogens with zero attached hydrogens (tertiary/aromatic N) is 1. The third-order valence-electron chi connectivity index (χ3n) is 4.22. The number of esters is 1. The van der Waals surface area contributed by atoms with Gasteiger partial charge in [0.1, 0.15) is 6.04 Å². The molecule has 0 bridgehead atoms. The molecule has 1 atom stereocenters. The molecule has 1 unspecified atom stereocenters. The van der Waals surface area contributed by atoms with E-state index in [1.807, 2.05) is 24.3 Å². The molecule has 1 aliphatic heterocycles. The molecular weight excluding hydrogens is 320 g/mol. The Labute approximate surface area is 147 Å². The lowest BCUT2D eigenvalue weighted by molar-refractivity contribution is -0.143. The molecule has 0 saturated carbocycles. The lowest BCUT2D eigenvalue weighted by atomic mass is 10.1. The Hall–Kier alpha value is -2.63. The Balaban J connectivity index is 1.97. The van der Waals surface area contributed by atoms with Crippen molar-refractivity contribution in [3.8, 4) is 0 Å². The number of allylic oxidation sites excluding steroid dienone is 1. The minimum atomic E-state index is -0.681. The van der Waals surface area contributed by atoms with Crippen molar-refractivity contribution < 1.29 is 19.1 Å². The first kappa shape index (κ1) is 18.7. The largest absolute Gasteiger partial charge is 0.467 e. The van der Waals surface area contributed by atoms with Crippen LogP contribution in [-0.2, 0) is 25.5 Å². The van der Waals surface area contributed by atoms with Crippen molar-refractivity contribution in [2.75, 3.05) is 18.6 Å². The highest BCUT2D eigenvalue weighted by Crippen LogP contribution is 2.32. The average molecular weight is 344 g/mol. The average Bonchev–Trinajstić information content (AvgIpc) is 3.02. The van der Waals surface area contributed by atoms with Gasteiger partial charge in [0, 0.05) is 18.5 Å². The van der Waals surface area contributed by atoms with Crippen LogP contribution in [0.15, 0.2) is 36.9 Å². The van der Waals surface area contributed by atoms with Crippen LogP contribution in [0.5, 0.6) is 0 Å². The number of fused-ring (bicyclic) bond motifs is 1. The van der Waals surface area contributed by atoms with Gasteiger partial charge in [-0.25, -0.2) is 4.79 Å². The van der Waals surface area contributed by atoms with E-state index in [1.165, 1.54) is 12.0 Å². The van der Waals surface area contributed by atoms with Crippen LogP contribution in [0.3, 0.4) is 0 Å². The molecule has 0 aliphatic carbocycles. The third kappa shape index (κ3) is 4.68. The Morgan fingerprint density at radius 1 is 1.32 bits per heavy atom. The van der Waals surface area contributed by atoms with Crippen molar-refractivity contribution in [1.29, 1.82) is 0 Å². The molecule has 2 rings (SSSR count). The van der Waals surface area contributed by atoms with Gasteiger partial charge in [0.05, 0.1) is 13.7 Å². The van der Waals surface area contributed by atoms with Gasteiger partial charge >= 0.3 is 5.97 Å². The Morgan fingerprint density at radius 3 is 2.80 bits per heavy atom. The number of carbonyl (C=O) groups is 3.